The van der Waals surface area contributed by atoms with Gasteiger partial charge in [0.1, 0.15) is 11.3 Å². The van der Waals surface area contributed by atoms with Crippen LogP contribution in [0.1, 0.15) is 0 Å². The van der Waals surface area contributed by atoms with E-state index in [1.807, 2.05) is 18.2 Å². The maximum absolute atomic E-state index is 12.0. The first kappa shape index (κ1) is 14.2. The third kappa shape index (κ3) is 2.94. The summed E-state index contributed by atoms with van der Waals surface area (Å²) < 4.78 is 12.1. The summed E-state index contributed by atoms with van der Waals surface area (Å²) in [5.41, 5.74) is 0.704. The van der Waals surface area contributed by atoms with Crippen LogP contribution in [-0.2, 0) is 11.3 Å². The van der Waals surface area contributed by atoms with Gasteiger partial charge in [-0.3, -0.25) is 9.36 Å². The van der Waals surface area contributed by atoms with Crippen molar-refractivity contribution in [2.75, 3.05) is 13.7 Å². The first-order chi connectivity index (χ1) is 10.8. The molecule has 22 heavy (non-hydrogen) atoms. The average molecular weight is 298 g/mol. The minimum Gasteiger partial charge on any atom is -0.424 e. The SMILES string of the molecule is COCCn1c(=O)cnc2cnc(Oc3ccccc3)nc21. The summed E-state index contributed by atoms with van der Waals surface area (Å²) in [4.78, 5) is 24.4. The molecule has 0 spiro atoms. The zero-order chi connectivity index (χ0) is 15.4. The molecule has 0 atom stereocenters. The molecule has 0 unspecified atom stereocenters. The quantitative estimate of drug-likeness (QED) is 0.712. The first-order valence-corrected chi connectivity index (χ1v) is 6.72. The van der Waals surface area contributed by atoms with Crippen molar-refractivity contribution in [1.29, 1.82) is 0 Å². The molecule has 1 aromatic carbocycles. The van der Waals surface area contributed by atoms with Gasteiger partial charge in [0, 0.05) is 7.11 Å². The molecule has 0 bridgehead atoms. The first-order valence-electron chi connectivity index (χ1n) is 6.72. The molecule has 0 amide bonds. The zero-order valence-electron chi connectivity index (χ0n) is 12.0. The van der Waals surface area contributed by atoms with Gasteiger partial charge in [0.2, 0.25) is 0 Å². The number of para-hydroxylation sites is 1. The van der Waals surface area contributed by atoms with Crippen molar-refractivity contribution in [3.05, 3.63) is 53.1 Å². The van der Waals surface area contributed by atoms with Gasteiger partial charge in [0.25, 0.3) is 5.56 Å². The predicted octanol–water partition coefficient (Wildman–Crippen LogP) is 1.63. The van der Waals surface area contributed by atoms with E-state index in [4.69, 9.17) is 9.47 Å². The summed E-state index contributed by atoms with van der Waals surface area (Å²) in [5.74, 6) is 0.622. The van der Waals surface area contributed by atoms with Crippen molar-refractivity contribution in [3.63, 3.8) is 0 Å². The highest BCUT2D eigenvalue weighted by atomic mass is 16.5. The van der Waals surface area contributed by atoms with Crippen molar-refractivity contribution in [3.8, 4) is 11.8 Å². The number of fused-ring (bicyclic) bond motifs is 1. The van der Waals surface area contributed by atoms with E-state index in [1.54, 1.807) is 19.2 Å². The molecule has 7 heteroatoms. The van der Waals surface area contributed by atoms with Crippen molar-refractivity contribution in [1.82, 2.24) is 19.5 Å². The fraction of sp³-hybridized carbons (Fsp3) is 0.200. The molecule has 0 aliphatic rings. The minimum atomic E-state index is -0.242. The Bertz CT molecular complexity index is 833. The highest BCUT2D eigenvalue weighted by Crippen LogP contribution is 2.18. The molecular weight excluding hydrogens is 284 g/mol. The van der Waals surface area contributed by atoms with Gasteiger partial charge in [-0.15, -0.1) is 0 Å². The van der Waals surface area contributed by atoms with E-state index in [2.05, 4.69) is 15.0 Å². The number of hydrogen-bond donors (Lipinski definition) is 0. The van der Waals surface area contributed by atoms with Crippen LogP contribution in [0.15, 0.2) is 47.5 Å². The van der Waals surface area contributed by atoms with E-state index in [9.17, 15) is 4.79 Å². The van der Waals surface area contributed by atoms with Crippen LogP contribution >= 0.6 is 0 Å². The summed E-state index contributed by atoms with van der Waals surface area (Å²) in [6.07, 6.45) is 2.78. The molecule has 2 aromatic heterocycles. The van der Waals surface area contributed by atoms with Crippen molar-refractivity contribution in [2.24, 2.45) is 0 Å². The lowest BCUT2D eigenvalue weighted by Crippen LogP contribution is -2.23. The van der Waals surface area contributed by atoms with Gasteiger partial charge in [-0.1, -0.05) is 18.2 Å². The molecule has 0 N–H and O–H groups in total. The van der Waals surface area contributed by atoms with E-state index in [0.29, 0.717) is 30.1 Å². The second-order valence-electron chi connectivity index (χ2n) is 4.52. The summed E-state index contributed by atoms with van der Waals surface area (Å²) >= 11 is 0. The maximum atomic E-state index is 12.0. The van der Waals surface area contributed by atoms with Gasteiger partial charge in [0.05, 0.1) is 25.5 Å². The van der Waals surface area contributed by atoms with Crippen molar-refractivity contribution in [2.45, 2.75) is 6.54 Å². The Morgan fingerprint density at radius 3 is 2.73 bits per heavy atom. The number of ether oxygens (including phenoxy) is 2. The molecule has 2 heterocycles. The molecular formula is C15H14N4O3. The van der Waals surface area contributed by atoms with Crippen LogP contribution in [0.25, 0.3) is 11.2 Å². The number of aromatic nitrogens is 4. The summed E-state index contributed by atoms with van der Waals surface area (Å²) in [6.45, 7) is 0.786. The summed E-state index contributed by atoms with van der Waals surface area (Å²) in [7, 11) is 1.58. The number of benzene rings is 1. The second-order valence-corrected chi connectivity index (χ2v) is 4.52. The Morgan fingerprint density at radius 1 is 1.14 bits per heavy atom. The molecule has 3 rings (SSSR count). The molecule has 112 valence electrons. The number of rotatable bonds is 5. The van der Waals surface area contributed by atoms with Gasteiger partial charge in [-0.25, -0.2) is 9.97 Å². The Balaban J connectivity index is 2.02. The molecule has 0 aliphatic carbocycles. The molecule has 0 saturated carbocycles. The van der Waals surface area contributed by atoms with Crippen LogP contribution in [0, 0.1) is 0 Å². The van der Waals surface area contributed by atoms with Crippen molar-refractivity contribution >= 4 is 11.2 Å². The van der Waals surface area contributed by atoms with E-state index in [-0.39, 0.29) is 11.6 Å². The normalized spacial score (nSPS) is 10.8. The van der Waals surface area contributed by atoms with Gasteiger partial charge in [0.15, 0.2) is 5.65 Å². The molecule has 0 aliphatic heterocycles. The maximum Gasteiger partial charge on any atom is 0.324 e. The third-order valence-electron chi connectivity index (χ3n) is 3.04. The topological polar surface area (TPSA) is 79.1 Å². The average Bonchev–Trinajstić information content (AvgIpc) is 2.55. The fourth-order valence-electron chi connectivity index (χ4n) is 1.98. The van der Waals surface area contributed by atoms with E-state index in [0.717, 1.165) is 0 Å². The Labute approximate surface area is 126 Å². The minimum absolute atomic E-state index is 0.164. The second kappa shape index (κ2) is 6.31. The zero-order valence-corrected chi connectivity index (χ0v) is 12.0. The Hall–Kier alpha value is -2.80. The molecule has 0 fully saturated rings. The molecule has 0 radical (unpaired) electrons. The number of hydrogen-bond acceptors (Lipinski definition) is 6. The largest absolute Gasteiger partial charge is 0.424 e. The third-order valence-corrected chi connectivity index (χ3v) is 3.04. The lowest BCUT2D eigenvalue weighted by molar-refractivity contribution is 0.187. The van der Waals surface area contributed by atoms with Crippen LogP contribution in [0.5, 0.6) is 11.8 Å². The Kier molecular flexibility index (Phi) is 4.06. The number of nitrogens with zero attached hydrogens (tertiary/aromatic N) is 4. The van der Waals surface area contributed by atoms with E-state index in [1.165, 1.54) is 17.0 Å². The van der Waals surface area contributed by atoms with E-state index >= 15 is 0 Å². The molecule has 7 nitrogen and oxygen atoms in total. The van der Waals surface area contributed by atoms with Crippen LogP contribution in [0.4, 0.5) is 0 Å². The molecule has 3 aromatic rings. The number of methoxy groups -OCH3 is 1. The fourth-order valence-corrected chi connectivity index (χ4v) is 1.98. The Morgan fingerprint density at radius 2 is 1.95 bits per heavy atom. The standard InChI is InChI=1S/C15H14N4O3/c1-21-8-7-19-13(20)10-16-12-9-17-15(18-14(12)19)22-11-5-3-2-4-6-11/h2-6,9-10H,7-8H2,1H3. The highest BCUT2D eigenvalue weighted by Gasteiger charge is 2.09. The van der Waals surface area contributed by atoms with Gasteiger partial charge >= 0.3 is 6.01 Å². The lowest BCUT2D eigenvalue weighted by Gasteiger charge is -2.09. The van der Waals surface area contributed by atoms with Crippen LogP contribution in [-0.4, -0.2) is 33.2 Å². The van der Waals surface area contributed by atoms with Crippen LogP contribution in [0.3, 0.4) is 0 Å². The van der Waals surface area contributed by atoms with Gasteiger partial charge in [-0.2, -0.15) is 4.98 Å². The predicted molar refractivity (Wildman–Crippen MR) is 80.0 cm³/mol. The van der Waals surface area contributed by atoms with Gasteiger partial charge in [-0.05, 0) is 12.1 Å². The highest BCUT2D eigenvalue weighted by molar-refractivity contribution is 5.68. The molecule has 0 saturated heterocycles. The lowest BCUT2D eigenvalue weighted by atomic mass is 10.3. The van der Waals surface area contributed by atoms with Gasteiger partial charge < -0.3 is 9.47 Å². The van der Waals surface area contributed by atoms with Crippen molar-refractivity contribution < 1.29 is 9.47 Å². The summed E-state index contributed by atoms with van der Waals surface area (Å²) in [6, 6.07) is 9.36. The smallest absolute Gasteiger partial charge is 0.324 e. The van der Waals surface area contributed by atoms with E-state index < -0.39 is 0 Å². The summed E-state index contributed by atoms with van der Waals surface area (Å²) in [5, 5.41) is 0. The van der Waals surface area contributed by atoms with Crippen LogP contribution < -0.4 is 10.3 Å². The monoisotopic (exact) mass is 298 g/mol. The van der Waals surface area contributed by atoms with Crippen LogP contribution in [0.2, 0.25) is 0 Å².